The van der Waals surface area contributed by atoms with Gasteiger partial charge < -0.3 is 19.4 Å². The molecule has 2 aromatic rings. The van der Waals surface area contributed by atoms with Crippen LogP contribution in [0.15, 0.2) is 40.8 Å². The monoisotopic (exact) mass is 318 g/mol. The summed E-state index contributed by atoms with van der Waals surface area (Å²) in [5, 5.41) is 2.88. The lowest BCUT2D eigenvalue weighted by Gasteiger charge is -2.18. The Morgan fingerprint density at radius 3 is 2.83 bits per heavy atom. The highest BCUT2D eigenvalue weighted by molar-refractivity contribution is 5.91. The van der Waals surface area contributed by atoms with Crippen molar-refractivity contribution >= 4 is 11.6 Å². The molecule has 1 fully saturated rings. The van der Waals surface area contributed by atoms with E-state index >= 15 is 0 Å². The second kappa shape index (κ2) is 6.73. The third-order valence-corrected chi connectivity index (χ3v) is 4.04. The molecule has 1 aromatic carbocycles. The number of ether oxygens (including phenoxy) is 1. The van der Waals surface area contributed by atoms with Crippen LogP contribution in [-0.2, 0) is 0 Å². The number of carbonyl (C=O) groups is 1. The number of nitrogens with zero attached hydrogens (tertiary/aromatic N) is 1. The van der Waals surface area contributed by atoms with Crippen LogP contribution in [0, 0.1) is 11.7 Å². The van der Waals surface area contributed by atoms with Gasteiger partial charge in [-0.15, -0.1) is 0 Å². The molecule has 23 heavy (non-hydrogen) atoms. The molecule has 3 rings (SSSR count). The molecule has 1 aliphatic rings. The number of amides is 1. The van der Waals surface area contributed by atoms with E-state index < -0.39 is 0 Å². The first-order valence-electron chi connectivity index (χ1n) is 7.58. The maximum absolute atomic E-state index is 13.0. The van der Waals surface area contributed by atoms with E-state index in [1.807, 2.05) is 0 Å². The molecule has 2 heterocycles. The van der Waals surface area contributed by atoms with E-state index in [1.165, 1.54) is 19.2 Å². The SMILES string of the molecule is COc1ccc(C(=O)NCC2CCN(c3ccc(F)cc3)C2)o1. The van der Waals surface area contributed by atoms with Crippen molar-refractivity contribution in [3.05, 3.63) is 48.0 Å². The van der Waals surface area contributed by atoms with Crippen LogP contribution in [-0.4, -0.2) is 32.7 Å². The number of nitrogens with one attached hydrogen (secondary N) is 1. The quantitative estimate of drug-likeness (QED) is 0.921. The Morgan fingerprint density at radius 2 is 2.13 bits per heavy atom. The highest BCUT2D eigenvalue weighted by Crippen LogP contribution is 2.23. The van der Waals surface area contributed by atoms with Crippen LogP contribution in [0.1, 0.15) is 17.0 Å². The minimum atomic E-state index is -0.242. The first-order chi connectivity index (χ1) is 11.2. The first-order valence-corrected chi connectivity index (χ1v) is 7.58. The van der Waals surface area contributed by atoms with Crippen LogP contribution >= 0.6 is 0 Å². The number of anilines is 1. The van der Waals surface area contributed by atoms with Crippen LogP contribution in [0.3, 0.4) is 0 Å². The predicted molar refractivity (Wildman–Crippen MR) is 84.3 cm³/mol. The summed E-state index contributed by atoms with van der Waals surface area (Å²) in [6, 6.07) is 9.70. The summed E-state index contributed by atoms with van der Waals surface area (Å²) >= 11 is 0. The number of furan rings is 1. The molecule has 0 aliphatic carbocycles. The number of hydrogen-bond acceptors (Lipinski definition) is 4. The number of rotatable bonds is 5. The molecular formula is C17H19FN2O3. The Kier molecular flexibility index (Phi) is 4.50. The van der Waals surface area contributed by atoms with Crippen molar-refractivity contribution in [3.63, 3.8) is 0 Å². The fourth-order valence-corrected chi connectivity index (χ4v) is 2.76. The minimum Gasteiger partial charge on any atom is -0.468 e. The van der Waals surface area contributed by atoms with Crippen molar-refractivity contribution in [3.8, 4) is 5.95 Å². The molecule has 1 unspecified atom stereocenters. The molecule has 1 N–H and O–H groups in total. The number of benzene rings is 1. The fraction of sp³-hybridized carbons (Fsp3) is 0.353. The van der Waals surface area contributed by atoms with Crippen molar-refractivity contribution in [2.24, 2.45) is 5.92 Å². The number of carbonyl (C=O) groups excluding carboxylic acids is 1. The van der Waals surface area contributed by atoms with Gasteiger partial charge in [-0.3, -0.25) is 4.79 Å². The molecule has 1 aromatic heterocycles. The third kappa shape index (κ3) is 3.64. The van der Waals surface area contributed by atoms with Crippen molar-refractivity contribution in [2.45, 2.75) is 6.42 Å². The van der Waals surface area contributed by atoms with Crippen LogP contribution in [0.25, 0.3) is 0 Å². The van der Waals surface area contributed by atoms with Gasteiger partial charge in [0.05, 0.1) is 7.11 Å². The smallest absolute Gasteiger partial charge is 0.287 e. The molecule has 1 atom stereocenters. The maximum Gasteiger partial charge on any atom is 0.287 e. The van der Waals surface area contributed by atoms with E-state index in [4.69, 9.17) is 9.15 Å². The van der Waals surface area contributed by atoms with Gasteiger partial charge in [0.2, 0.25) is 0 Å². The average Bonchev–Trinajstić information content (AvgIpc) is 3.22. The number of hydrogen-bond donors (Lipinski definition) is 1. The van der Waals surface area contributed by atoms with Gasteiger partial charge in [-0.1, -0.05) is 0 Å². The Labute approximate surface area is 134 Å². The zero-order chi connectivity index (χ0) is 16.2. The highest BCUT2D eigenvalue weighted by Gasteiger charge is 2.23. The lowest BCUT2D eigenvalue weighted by atomic mass is 10.1. The molecule has 122 valence electrons. The van der Waals surface area contributed by atoms with Gasteiger partial charge in [0, 0.05) is 31.4 Å². The molecule has 5 nitrogen and oxygen atoms in total. The second-order valence-corrected chi connectivity index (χ2v) is 5.61. The predicted octanol–water partition coefficient (Wildman–Crippen LogP) is 2.68. The van der Waals surface area contributed by atoms with Crippen LogP contribution in [0.4, 0.5) is 10.1 Å². The molecule has 0 saturated carbocycles. The fourth-order valence-electron chi connectivity index (χ4n) is 2.76. The number of halogens is 1. The lowest BCUT2D eigenvalue weighted by Crippen LogP contribution is -2.30. The molecule has 1 saturated heterocycles. The first kappa shape index (κ1) is 15.4. The van der Waals surface area contributed by atoms with Crippen molar-refractivity contribution < 1.29 is 18.3 Å². The molecule has 0 radical (unpaired) electrons. The normalized spacial score (nSPS) is 17.3. The van der Waals surface area contributed by atoms with Crippen molar-refractivity contribution in [1.82, 2.24) is 5.32 Å². The zero-order valence-corrected chi connectivity index (χ0v) is 12.9. The van der Waals surface area contributed by atoms with Gasteiger partial charge in [-0.25, -0.2) is 4.39 Å². The molecule has 0 spiro atoms. The van der Waals surface area contributed by atoms with Crippen molar-refractivity contribution in [1.29, 1.82) is 0 Å². The lowest BCUT2D eigenvalue weighted by molar-refractivity contribution is 0.0914. The Balaban J connectivity index is 1.50. The molecule has 1 aliphatic heterocycles. The van der Waals surface area contributed by atoms with Crippen molar-refractivity contribution in [2.75, 3.05) is 31.6 Å². The van der Waals surface area contributed by atoms with Crippen LogP contribution in [0.5, 0.6) is 5.95 Å². The van der Waals surface area contributed by atoms with Gasteiger partial charge in [0.25, 0.3) is 11.9 Å². The van der Waals surface area contributed by atoms with Gasteiger partial charge >= 0.3 is 0 Å². The van der Waals surface area contributed by atoms with Gasteiger partial charge in [-0.2, -0.15) is 0 Å². The van der Waals surface area contributed by atoms with E-state index in [0.29, 0.717) is 18.4 Å². The average molecular weight is 318 g/mol. The van der Waals surface area contributed by atoms with E-state index in [0.717, 1.165) is 25.2 Å². The van der Waals surface area contributed by atoms with E-state index in [9.17, 15) is 9.18 Å². The van der Waals surface area contributed by atoms with Crippen LogP contribution < -0.4 is 15.0 Å². The summed E-state index contributed by atoms with van der Waals surface area (Å²) < 4.78 is 23.1. The summed E-state index contributed by atoms with van der Waals surface area (Å²) in [6.45, 7) is 2.33. The summed E-state index contributed by atoms with van der Waals surface area (Å²) in [5.41, 5.74) is 1.01. The van der Waals surface area contributed by atoms with Crippen LogP contribution in [0.2, 0.25) is 0 Å². The maximum atomic E-state index is 13.0. The highest BCUT2D eigenvalue weighted by atomic mass is 19.1. The summed E-state index contributed by atoms with van der Waals surface area (Å²) in [7, 11) is 1.49. The standard InChI is InChI=1S/C17H19FN2O3/c1-22-16-7-6-15(23-16)17(21)19-10-12-8-9-20(11-12)14-4-2-13(18)3-5-14/h2-7,12H,8-11H2,1H3,(H,19,21). The molecule has 6 heteroatoms. The van der Waals surface area contributed by atoms with Gasteiger partial charge in [0.15, 0.2) is 5.76 Å². The van der Waals surface area contributed by atoms with E-state index in [-0.39, 0.29) is 17.5 Å². The number of methoxy groups -OCH3 is 1. The minimum absolute atomic E-state index is 0.231. The summed E-state index contributed by atoms with van der Waals surface area (Å²) in [4.78, 5) is 14.2. The molecule has 1 amide bonds. The molecular weight excluding hydrogens is 299 g/mol. The molecule has 0 bridgehead atoms. The zero-order valence-electron chi connectivity index (χ0n) is 12.9. The third-order valence-electron chi connectivity index (χ3n) is 4.04. The Hall–Kier alpha value is -2.50. The van der Waals surface area contributed by atoms with E-state index in [2.05, 4.69) is 10.2 Å². The summed E-state index contributed by atoms with van der Waals surface area (Å²) in [6.07, 6.45) is 0.985. The second-order valence-electron chi connectivity index (χ2n) is 5.61. The van der Waals surface area contributed by atoms with E-state index in [1.54, 1.807) is 24.3 Å². The van der Waals surface area contributed by atoms with Gasteiger partial charge in [0.1, 0.15) is 5.82 Å². The summed E-state index contributed by atoms with van der Waals surface area (Å²) in [5.74, 6) is 0.453. The van der Waals surface area contributed by atoms with Gasteiger partial charge in [-0.05, 0) is 42.7 Å². The largest absolute Gasteiger partial charge is 0.468 e. The Morgan fingerprint density at radius 1 is 1.35 bits per heavy atom. The Bertz CT molecular complexity index is 669. The topological polar surface area (TPSA) is 54.7 Å².